The Bertz CT molecular complexity index is 5520. The first kappa shape index (κ1) is 70.9. The summed E-state index contributed by atoms with van der Waals surface area (Å²) in [6.07, 6.45) is 27.8. The molecule has 6 aliphatic heterocycles. The maximum atomic E-state index is 14.7. The van der Waals surface area contributed by atoms with E-state index in [1.807, 2.05) is 78.9 Å². The molecular formula is C88H82N10O12. The Labute approximate surface area is 637 Å². The molecule has 1 unspecified atom stereocenters. The fraction of sp³-hybridized carbons (Fsp3) is 0.364. The highest BCUT2D eigenvalue weighted by Gasteiger charge is 2.49. The highest BCUT2D eigenvalue weighted by atomic mass is 16.6. The number of carbonyl (C=O) groups excluding carboxylic acids is 4. The van der Waals surface area contributed by atoms with Crippen LogP contribution in [0.3, 0.4) is 0 Å². The van der Waals surface area contributed by atoms with Crippen LogP contribution in [0.4, 0.5) is 0 Å². The summed E-state index contributed by atoms with van der Waals surface area (Å²) < 4.78 is 59.5. The van der Waals surface area contributed by atoms with Crippen molar-refractivity contribution >= 4 is 45.7 Å². The number of amides is 4. The molecule has 10 heterocycles. The number of nitrogens with zero attached hydrogens (tertiary/aromatic N) is 10. The largest absolute Gasteiger partial charge is 0.457 e. The van der Waals surface area contributed by atoms with Gasteiger partial charge < -0.3 is 37.9 Å². The summed E-state index contributed by atoms with van der Waals surface area (Å²) in [6, 6.07) is 33.3. The van der Waals surface area contributed by atoms with Crippen LogP contribution in [-0.2, 0) is 5.60 Å². The zero-order valence-corrected chi connectivity index (χ0v) is 62.0. The molecule has 556 valence electrons. The molecule has 10 aromatic rings. The number of aromatic nitrogens is 8. The number of rotatable bonds is 24. The Kier molecular flexibility index (Phi) is 19.2. The third kappa shape index (κ3) is 12.7. The lowest BCUT2D eigenvalue weighted by Gasteiger charge is -2.36. The van der Waals surface area contributed by atoms with E-state index in [0.717, 1.165) is 139 Å². The number of ether oxygens (including phenoxy) is 8. The predicted molar refractivity (Wildman–Crippen MR) is 409 cm³/mol. The second-order valence-electron chi connectivity index (χ2n) is 29.3. The molecule has 1 aliphatic carbocycles. The molecule has 0 spiro atoms. The lowest BCUT2D eigenvalue weighted by molar-refractivity contribution is 0.0638. The summed E-state index contributed by atoms with van der Waals surface area (Å²) in [5, 5.41) is 0. The van der Waals surface area contributed by atoms with Crippen LogP contribution in [0.2, 0.25) is 0 Å². The van der Waals surface area contributed by atoms with Crippen molar-refractivity contribution in [3.05, 3.63) is 170 Å². The van der Waals surface area contributed by atoms with Gasteiger partial charge >= 0.3 is 0 Å². The van der Waals surface area contributed by atoms with Crippen LogP contribution in [0.25, 0.3) is 22.1 Å². The maximum Gasteiger partial charge on any atom is 0.284 e. The summed E-state index contributed by atoms with van der Waals surface area (Å²) in [4.78, 5) is 101. The zero-order chi connectivity index (χ0) is 75.3. The Morgan fingerprint density at radius 2 is 0.682 bits per heavy atom. The molecule has 6 aromatic carbocycles. The predicted octanol–water partition coefficient (Wildman–Crippen LogP) is 20.1. The second-order valence-corrected chi connectivity index (χ2v) is 29.3. The molecule has 0 saturated carbocycles. The van der Waals surface area contributed by atoms with Crippen LogP contribution in [-0.4, -0.2) is 86.4 Å². The van der Waals surface area contributed by atoms with Crippen LogP contribution in [0.1, 0.15) is 273 Å². The van der Waals surface area contributed by atoms with Crippen LogP contribution in [0.15, 0.2) is 103 Å². The van der Waals surface area contributed by atoms with Gasteiger partial charge in [0.2, 0.25) is 0 Å². The summed E-state index contributed by atoms with van der Waals surface area (Å²) in [5.74, 6) is 2.69. The van der Waals surface area contributed by atoms with E-state index in [4.69, 9.17) is 90.6 Å². The maximum absolute atomic E-state index is 14.7. The smallest absolute Gasteiger partial charge is 0.284 e. The molecule has 22 nitrogen and oxygen atoms in total. The molecule has 4 amide bonds. The van der Waals surface area contributed by atoms with E-state index >= 15 is 0 Å². The zero-order valence-electron chi connectivity index (χ0n) is 62.0. The molecule has 0 fully saturated rings. The molecule has 0 saturated heterocycles. The quantitative estimate of drug-likeness (QED) is 0.0309. The molecule has 110 heavy (non-hydrogen) atoms. The van der Waals surface area contributed by atoms with Gasteiger partial charge in [-0.2, -0.15) is 0 Å². The van der Waals surface area contributed by atoms with Crippen molar-refractivity contribution in [3.8, 4) is 112 Å². The van der Waals surface area contributed by atoms with Gasteiger partial charge in [0, 0.05) is 106 Å². The summed E-state index contributed by atoms with van der Waals surface area (Å²) in [6.45, 7) is 8.63. The topological polar surface area (TPSA) is 252 Å². The molecule has 4 atom stereocenters. The molecular weight excluding hydrogens is 1390 g/mol. The number of hydrogen-bond donors (Lipinski definition) is 0. The number of benzene rings is 6. The van der Waals surface area contributed by atoms with Crippen LogP contribution in [0, 0.1) is 24.7 Å². The monoisotopic (exact) mass is 1470 g/mol. The molecule has 17 rings (SSSR count). The van der Waals surface area contributed by atoms with Gasteiger partial charge in [0.05, 0.1) is 22.1 Å². The van der Waals surface area contributed by atoms with Gasteiger partial charge in [-0.25, -0.2) is 39.9 Å². The SMILES string of the molecule is C#CCCN1C(=O)c2nc3c(nc2C1=O)Oc1cc2c4cc1C(CCCCCC)c1cc5c(cc1O3)Oc1nc3ccccc3nc1Oc1ccc(cc1[C@H]5CCCCCC)[C@@]1(CCCCCC)Oc3nc5c(nc3Oc3cc(c(cc31)[C@@H]4CCCCCC)Oc1nc3ccccc3nc1O2)C(=O)N(CCC#C)C5=O. The van der Waals surface area contributed by atoms with Gasteiger partial charge in [-0.15, -0.1) is 24.7 Å². The van der Waals surface area contributed by atoms with Crippen LogP contribution < -0.4 is 37.9 Å². The normalized spacial score (nSPS) is 17.6. The van der Waals surface area contributed by atoms with Crippen molar-refractivity contribution < 1.29 is 57.1 Å². The van der Waals surface area contributed by atoms with Crippen molar-refractivity contribution in [1.29, 1.82) is 0 Å². The molecule has 4 aromatic heterocycles. The van der Waals surface area contributed by atoms with Gasteiger partial charge in [-0.05, 0) is 86.7 Å². The third-order valence-electron chi connectivity index (χ3n) is 22.1. The Morgan fingerprint density at radius 3 is 1.07 bits per heavy atom. The van der Waals surface area contributed by atoms with Crippen LogP contribution in [0.5, 0.6) is 87.3 Å². The second kappa shape index (κ2) is 29.8. The minimum atomic E-state index is -1.58. The van der Waals surface area contributed by atoms with E-state index in [1.54, 1.807) is 0 Å². The average Bonchev–Trinajstić information content (AvgIpc) is 1.47. The first-order valence-electron chi connectivity index (χ1n) is 39.0. The summed E-state index contributed by atoms with van der Waals surface area (Å²) >= 11 is 0. The first-order chi connectivity index (χ1) is 53.9. The molecule has 8 bridgehead atoms. The lowest BCUT2D eigenvalue weighted by Crippen LogP contribution is -2.35. The van der Waals surface area contributed by atoms with Crippen molar-refractivity contribution in [2.24, 2.45) is 0 Å². The van der Waals surface area contributed by atoms with Gasteiger partial charge in [-0.1, -0.05) is 154 Å². The molecule has 22 heteroatoms. The van der Waals surface area contributed by atoms with E-state index in [-0.39, 0.29) is 101 Å². The Morgan fingerprint density at radius 1 is 0.355 bits per heavy atom. The van der Waals surface area contributed by atoms with Crippen LogP contribution >= 0.6 is 0 Å². The highest BCUT2D eigenvalue weighted by molar-refractivity contribution is 6.20. The van der Waals surface area contributed by atoms with Crippen molar-refractivity contribution in [1.82, 2.24) is 49.7 Å². The number of imide groups is 2. The summed E-state index contributed by atoms with van der Waals surface area (Å²) in [7, 11) is 0. The molecule has 7 aliphatic rings. The lowest BCUT2D eigenvalue weighted by atomic mass is 9.75. The van der Waals surface area contributed by atoms with Crippen molar-refractivity contribution in [3.63, 3.8) is 0 Å². The number of fused-ring (bicyclic) bond motifs is 10. The number of hydrogen-bond acceptors (Lipinski definition) is 20. The number of unbranched alkanes of at least 4 members (excludes halogenated alkanes) is 12. The van der Waals surface area contributed by atoms with Gasteiger partial charge in [0.1, 0.15) is 40.2 Å². The van der Waals surface area contributed by atoms with Gasteiger partial charge in [0.15, 0.2) is 28.4 Å². The number of para-hydroxylation sites is 4. The van der Waals surface area contributed by atoms with E-state index in [1.165, 1.54) is 0 Å². The minimum Gasteiger partial charge on any atom is -0.457 e. The van der Waals surface area contributed by atoms with E-state index < -0.39 is 47.0 Å². The Hall–Kier alpha value is -12.0. The fourth-order valence-corrected chi connectivity index (χ4v) is 16.5. The fourth-order valence-electron chi connectivity index (χ4n) is 16.5. The van der Waals surface area contributed by atoms with Crippen molar-refractivity contribution in [2.75, 3.05) is 13.1 Å². The van der Waals surface area contributed by atoms with E-state index in [0.29, 0.717) is 99.8 Å². The standard InChI is InChI=1S/C88H82N10O12/c1-7-13-19-23-31-51-54-43-50-38-39-65(54)103-76-77(90-62-35-27-26-34-61(62)89-76)104-66-47-68-56(44-55(51)66)52(32-24-20-14-8-2)57-45-58-53(33-25-21-15-9-3)59-46-60-71(109-82-83(110-88(50,60)40-30-22-16-10-4)96-75-74(95-82)86(101)98(87(75)102)42-18-12-6)49-70(59)106-79-78(91-63-36-28-29-37-64(63)92-79)105-67(58)48-69(57)108-81-80(107-68)93-72-73(94-81)85(100)97(84(72)99)41-17-11-5/h5-6,26-29,34-39,43-49,51-53H,7-10,13-25,30-33,40-42H2,1-4H3/t51-,52?,53-,88-/m1/s1. The van der Waals surface area contributed by atoms with Gasteiger partial charge in [-0.3, -0.25) is 29.0 Å². The van der Waals surface area contributed by atoms with E-state index in [9.17, 15) is 19.2 Å². The highest BCUT2D eigenvalue weighted by Crippen LogP contribution is 2.60. The minimum absolute atomic E-state index is 0.0275. The molecule has 0 N–H and O–H groups in total. The first-order valence-corrected chi connectivity index (χ1v) is 39.0. The Balaban J connectivity index is 1.03. The molecule has 0 radical (unpaired) electrons. The van der Waals surface area contributed by atoms with Crippen molar-refractivity contribution in [2.45, 2.75) is 192 Å². The summed E-state index contributed by atoms with van der Waals surface area (Å²) in [5.41, 5.74) is 5.45. The number of carbonyl (C=O) groups is 4. The third-order valence-corrected chi connectivity index (χ3v) is 22.1. The number of terminal acetylenes is 2. The van der Waals surface area contributed by atoms with E-state index in [2.05, 4.69) is 63.8 Å². The van der Waals surface area contributed by atoms with Gasteiger partial charge in [0.25, 0.3) is 70.7 Å². The average molecular weight is 1470 g/mol.